The van der Waals surface area contributed by atoms with Crippen LogP contribution in [0.2, 0.25) is 0 Å². The summed E-state index contributed by atoms with van der Waals surface area (Å²) in [6.45, 7) is 0.252. The number of hydrogen-bond donors (Lipinski definition) is 1. The van der Waals surface area contributed by atoms with Gasteiger partial charge in [0.2, 0.25) is 5.91 Å². The zero-order chi connectivity index (χ0) is 13.5. The van der Waals surface area contributed by atoms with Crippen molar-refractivity contribution in [3.63, 3.8) is 0 Å². The van der Waals surface area contributed by atoms with E-state index in [-0.39, 0.29) is 12.5 Å². The van der Waals surface area contributed by atoms with Crippen LogP contribution in [0.1, 0.15) is 12.0 Å². The fraction of sp³-hybridized carbons (Fsp3) is 0.462. The van der Waals surface area contributed by atoms with Crippen molar-refractivity contribution in [1.82, 2.24) is 4.90 Å². The van der Waals surface area contributed by atoms with Gasteiger partial charge in [-0.1, -0.05) is 6.07 Å². The van der Waals surface area contributed by atoms with Gasteiger partial charge in [-0.2, -0.15) is 0 Å². The van der Waals surface area contributed by atoms with Gasteiger partial charge in [-0.25, -0.2) is 0 Å². The summed E-state index contributed by atoms with van der Waals surface area (Å²) in [5.74, 6) is 1.14. The molecule has 0 aliphatic carbocycles. The van der Waals surface area contributed by atoms with Gasteiger partial charge in [0.1, 0.15) is 0 Å². The number of hydrogen-bond acceptors (Lipinski definition) is 4. The molecule has 1 aromatic carbocycles. The van der Waals surface area contributed by atoms with Crippen LogP contribution in [0.3, 0.4) is 0 Å². The van der Waals surface area contributed by atoms with Crippen LogP contribution in [0, 0.1) is 0 Å². The summed E-state index contributed by atoms with van der Waals surface area (Å²) in [6, 6.07) is 5.19. The summed E-state index contributed by atoms with van der Waals surface area (Å²) in [7, 11) is 4.95. The van der Waals surface area contributed by atoms with Gasteiger partial charge in [0, 0.05) is 14.1 Å². The Bertz CT molecular complexity index is 404. The molecule has 0 saturated carbocycles. The van der Waals surface area contributed by atoms with Crippen LogP contribution < -0.4 is 9.47 Å². The van der Waals surface area contributed by atoms with Crippen molar-refractivity contribution in [2.24, 2.45) is 0 Å². The molecule has 0 aromatic heterocycles. The lowest BCUT2D eigenvalue weighted by Gasteiger charge is -2.13. The molecule has 0 atom stereocenters. The third-order valence-corrected chi connectivity index (χ3v) is 2.48. The largest absolute Gasteiger partial charge is 0.493 e. The maximum atomic E-state index is 11.4. The van der Waals surface area contributed by atoms with Crippen molar-refractivity contribution >= 4 is 5.91 Å². The SMILES string of the molecule is COc1cc(CO)ccc1OCCC(=O)N(C)C. The van der Waals surface area contributed by atoms with E-state index in [1.54, 1.807) is 32.3 Å². The Morgan fingerprint density at radius 1 is 1.33 bits per heavy atom. The lowest BCUT2D eigenvalue weighted by Crippen LogP contribution is -2.23. The number of ether oxygens (including phenoxy) is 2. The smallest absolute Gasteiger partial charge is 0.225 e. The molecule has 0 radical (unpaired) electrons. The molecule has 1 amide bonds. The van der Waals surface area contributed by atoms with E-state index < -0.39 is 0 Å². The number of benzene rings is 1. The maximum absolute atomic E-state index is 11.4. The number of carbonyl (C=O) groups excluding carboxylic acids is 1. The molecule has 1 rings (SSSR count). The lowest BCUT2D eigenvalue weighted by atomic mass is 10.2. The number of methoxy groups -OCH3 is 1. The molecule has 1 aromatic rings. The molecule has 0 spiro atoms. The van der Waals surface area contributed by atoms with Crippen LogP contribution in [0.5, 0.6) is 11.5 Å². The van der Waals surface area contributed by atoms with Crippen molar-refractivity contribution in [3.8, 4) is 11.5 Å². The molecular formula is C13H19NO4. The molecule has 5 nitrogen and oxygen atoms in total. The van der Waals surface area contributed by atoms with Crippen molar-refractivity contribution < 1.29 is 19.4 Å². The van der Waals surface area contributed by atoms with E-state index in [4.69, 9.17) is 14.6 Å². The van der Waals surface area contributed by atoms with Crippen LogP contribution >= 0.6 is 0 Å². The Kier molecular flexibility index (Phi) is 5.45. The Hall–Kier alpha value is -1.75. The highest BCUT2D eigenvalue weighted by molar-refractivity contribution is 5.75. The first kappa shape index (κ1) is 14.3. The van der Waals surface area contributed by atoms with Gasteiger partial charge in [-0.3, -0.25) is 4.79 Å². The molecule has 0 aliphatic rings. The van der Waals surface area contributed by atoms with E-state index in [9.17, 15) is 4.79 Å². The minimum absolute atomic E-state index is 0.0148. The highest BCUT2D eigenvalue weighted by Gasteiger charge is 2.08. The molecule has 0 aliphatic heterocycles. The number of aliphatic hydroxyl groups excluding tert-OH is 1. The van der Waals surface area contributed by atoms with E-state index in [1.807, 2.05) is 0 Å². The van der Waals surface area contributed by atoms with Crippen molar-refractivity contribution in [1.29, 1.82) is 0 Å². The van der Waals surface area contributed by atoms with E-state index in [2.05, 4.69) is 0 Å². The highest BCUT2D eigenvalue weighted by Crippen LogP contribution is 2.28. The summed E-state index contributed by atoms with van der Waals surface area (Å²) in [6.07, 6.45) is 0.317. The molecule has 0 saturated heterocycles. The molecule has 5 heteroatoms. The second-order valence-corrected chi connectivity index (χ2v) is 4.03. The van der Waals surface area contributed by atoms with Crippen molar-refractivity contribution in [2.45, 2.75) is 13.0 Å². The van der Waals surface area contributed by atoms with E-state index in [1.165, 1.54) is 12.0 Å². The number of nitrogens with zero attached hydrogens (tertiary/aromatic N) is 1. The van der Waals surface area contributed by atoms with E-state index >= 15 is 0 Å². The van der Waals surface area contributed by atoms with Gasteiger partial charge in [0.15, 0.2) is 11.5 Å². The average Bonchev–Trinajstić information content (AvgIpc) is 2.38. The number of carbonyl (C=O) groups is 1. The van der Waals surface area contributed by atoms with Crippen LogP contribution in [0.15, 0.2) is 18.2 Å². The predicted octanol–water partition coefficient (Wildman–Crippen LogP) is 1.04. The zero-order valence-electron chi connectivity index (χ0n) is 11.0. The molecular weight excluding hydrogens is 234 g/mol. The van der Waals surface area contributed by atoms with E-state index in [0.29, 0.717) is 24.5 Å². The van der Waals surface area contributed by atoms with Gasteiger partial charge in [-0.15, -0.1) is 0 Å². The normalized spacial score (nSPS) is 10.0. The molecule has 100 valence electrons. The Morgan fingerprint density at radius 3 is 2.61 bits per heavy atom. The van der Waals surface area contributed by atoms with Crippen molar-refractivity contribution in [2.75, 3.05) is 27.8 Å². The number of aliphatic hydroxyl groups is 1. The lowest BCUT2D eigenvalue weighted by molar-refractivity contribution is -0.129. The second kappa shape index (κ2) is 6.86. The first-order valence-electron chi connectivity index (χ1n) is 5.69. The Morgan fingerprint density at radius 2 is 2.06 bits per heavy atom. The maximum Gasteiger partial charge on any atom is 0.225 e. The van der Waals surface area contributed by atoms with E-state index in [0.717, 1.165) is 5.56 Å². The fourth-order valence-electron chi connectivity index (χ4n) is 1.40. The highest BCUT2D eigenvalue weighted by atomic mass is 16.5. The van der Waals surface area contributed by atoms with Gasteiger partial charge < -0.3 is 19.5 Å². The molecule has 0 unspecified atom stereocenters. The Balaban J connectivity index is 2.59. The average molecular weight is 253 g/mol. The van der Waals surface area contributed by atoms with Crippen LogP contribution in [0.4, 0.5) is 0 Å². The van der Waals surface area contributed by atoms with Gasteiger partial charge in [-0.05, 0) is 17.7 Å². The summed E-state index contributed by atoms with van der Waals surface area (Å²) < 4.78 is 10.7. The van der Waals surface area contributed by atoms with Crippen LogP contribution in [-0.4, -0.2) is 43.7 Å². The van der Waals surface area contributed by atoms with Crippen LogP contribution in [-0.2, 0) is 11.4 Å². The summed E-state index contributed by atoms with van der Waals surface area (Å²) in [5, 5.41) is 9.01. The second-order valence-electron chi connectivity index (χ2n) is 4.03. The topological polar surface area (TPSA) is 59.0 Å². The molecule has 18 heavy (non-hydrogen) atoms. The molecule has 0 heterocycles. The predicted molar refractivity (Wildman–Crippen MR) is 67.7 cm³/mol. The van der Waals surface area contributed by atoms with Gasteiger partial charge in [0.25, 0.3) is 0 Å². The Labute approximate surface area is 107 Å². The third-order valence-electron chi connectivity index (χ3n) is 2.48. The number of rotatable bonds is 6. The zero-order valence-corrected chi connectivity index (χ0v) is 11.0. The first-order valence-corrected chi connectivity index (χ1v) is 5.69. The minimum atomic E-state index is -0.0459. The quantitative estimate of drug-likeness (QED) is 0.823. The molecule has 0 fully saturated rings. The first-order chi connectivity index (χ1) is 8.58. The fourth-order valence-corrected chi connectivity index (χ4v) is 1.40. The third kappa shape index (κ3) is 3.92. The van der Waals surface area contributed by atoms with Crippen molar-refractivity contribution in [3.05, 3.63) is 23.8 Å². The van der Waals surface area contributed by atoms with Crippen LogP contribution in [0.25, 0.3) is 0 Å². The molecule has 1 N–H and O–H groups in total. The summed E-state index contributed by atoms with van der Waals surface area (Å²) in [5.41, 5.74) is 0.753. The number of amides is 1. The van der Waals surface area contributed by atoms with Gasteiger partial charge >= 0.3 is 0 Å². The molecule has 0 bridgehead atoms. The summed E-state index contributed by atoms with van der Waals surface area (Å²) in [4.78, 5) is 12.9. The van der Waals surface area contributed by atoms with Gasteiger partial charge in [0.05, 0.1) is 26.7 Å². The summed E-state index contributed by atoms with van der Waals surface area (Å²) >= 11 is 0. The standard InChI is InChI=1S/C13H19NO4/c1-14(2)13(16)6-7-18-11-5-4-10(9-15)8-12(11)17-3/h4-5,8,15H,6-7,9H2,1-3H3. The monoisotopic (exact) mass is 253 g/mol. The minimum Gasteiger partial charge on any atom is -0.493 e.